The van der Waals surface area contributed by atoms with Crippen molar-refractivity contribution < 1.29 is 9.53 Å². The third-order valence-corrected chi connectivity index (χ3v) is 3.87. The molecule has 110 valence electrons. The number of ether oxygens (including phenoxy) is 1. The highest BCUT2D eigenvalue weighted by molar-refractivity contribution is 5.98. The van der Waals surface area contributed by atoms with E-state index >= 15 is 0 Å². The molecule has 2 atom stereocenters. The van der Waals surface area contributed by atoms with Crippen LogP contribution in [0.15, 0.2) is 30.3 Å². The number of amides is 1. The normalized spacial score (nSPS) is 21.6. The summed E-state index contributed by atoms with van der Waals surface area (Å²) in [5.41, 5.74) is 2.53. The molecule has 2 N–H and O–H groups in total. The van der Waals surface area contributed by atoms with E-state index < -0.39 is 0 Å². The quantitative estimate of drug-likeness (QED) is 0.891. The summed E-state index contributed by atoms with van der Waals surface area (Å²) in [7, 11) is 1.67. The second-order valence-corrected chi connectivity index (χ2v) is 5.37. The number of fused-ring (bicyclic) bond motifs is 1. The van der Waals surface area contributed by atoms with E-state index in [0.29, 0.717) is 5.56 Å². The minimum atomic E-state index is -0.0757. The second-order valence-electron chi connectivity index (χ2n) is 5.37. The van der Waals surface area contributed by atoms with Gasteiger partial charge in [-0.25, -0.2) is 0 Å². The van der Waals surface area contributed by atoms with Crippen molar-refractivity contribution in [1.82, 2.24) is 15.6 Å². The summed E-state index contributed by atoms with van der Waals surface area (Å²) in [5, 5.41) is 7.21. The number of carbonyl (C=O) groups is 1. The number of hydrogen-bond acceptors (Lipinski definition) is 4. The van der Waals surface area contributed by atoms with Crippen LogP contribution in [-0.2, 0) is 4.74 Å². The predicted molar refractivity (Wildman–Crippen MR) is 81.4 cm³/mol. The van der Waals surface area contributed by atoms with Gasteiger partial charge in [-0.05, 0) is 31.2 Å². The minimum Gasteiger partial charge on any atom is -0.378 e. The van der Waals surface area contributed by atoms with Gasteiger partial charge < -0.3 is 15.4 Å². The maximum absolute atomic E-state index is 12.4. The molecule has 0 radical (unpaired) electrons. The van der Waals surface area contributed by atoms with E-state index in [2.05, 4.69) is 15.6 Å². The standard InChI is InChI=1S/C16H19N3O2/c1-10-3-4-11-7-12(5-6-13(11)18-10)16(20)19-14-8-17-9-15(14)21-2/h3-7,14-15,17H,8-9H2,1-2H3,(H,19,20). The Labute approximate surface area is 123 Å². The van der Waals surface area contributed by atoms with Gasteiger partial charge in [0.05, 0.1) is 17.7 Å². The van der Waals surface area contributed by atoms with Gasteiger partial charge >= 0.3 is 0 Å². The molecule has 2 aromatic rings. The van der Waals surface area contributed by atoms with Crippen molar-refractivity contribution in [3.05, 3.63) is 41.6 Å². The lowest BCUT2D eigenvalue weighted by Gasteiger charge is -2.18. The molecular formula is C16H19N3O2. The van der Waals surface area contributed by atoms with Crippen LogP contribution in [-0.4, -0.2) is 43.2 Å². The number of methoxy groups -OCH3 is 1. The van der Waals surface area contributed by atoms with Crippen molar-refractivity contribution in [1.29, 1.82) is 0 Å². The third-order valence-electron chi connectivity index (χ3n) is 3.87. The van der Waals surface area contributed by atoms with Crippen molar-refractivity contribution in [2.75, 3.05) is 20.2 Å². The number of carbonyl (C=O) groups excluding carboxylic acids is 1. The molecule has 1 aliphatic rings. The van der Waals surface area contributed by atoms with E-state index in [0.717, 1.165) is 29.7 Å². The number of nitrogens with zero attached hydrogens (tertiary/aromatic N) is 1. The number of aromatic nitrogens is 1. The summed E-state index contributed by atoms with van der Waals surface area (Å²) in [6.07, 6.45) is 0.0266. The van der Waals surface area contributed by atoms with E-state index in [1.54, 1.807) is 7.11 Å². The van der Waals surface area contributed by atoms with Crippen molar-refractivity contribution in [3.63, 3.8) is 0 Å². The topological polar surface area (TPSA) is 63.2 Å². The highest BCUT2D eigenvalue weighted by Crippen LogP contribution is 2.15. The molecule has 2 heterocycles. The van der Waals surface area contributed by atoms with Crippen molar-refractivity contribution in [2.24, 2.45) is 0 Å². The van der Waals surface area contributed by atoms with Gasteiger partial charge in [-0.3, -0.25) is 9.78 Å². The molecule has 2 unspecified atom stereocenters. The van der Waals surface area contributed by atoms with Crippen LogP contribution in [0.4, 0.5) is 0 Å². The fraction of sp³-hybridized carbons (Fsp3) is 0.375. The van der Waals surface area contributed by atoms with Crippen molar-refractivity contribution in [2.45, 2.75) is 19.1 Å². The molecular weight excluding hydrogens is 266 g/mol. The van der Waals surface area contributed by atoms with Crippen LogP contribution in [0.25, 0.3) is 10.9 Å². The summed E-state index contributed by atoms with van der Waals surface area (Å²) in [6, 6.07) is 9.53. The van der Waals surface area contributed by atoms with Gasteiger partial charge in [0, 0.05) is 36.8 Å². The van der Waals surface area contributed by atoms with E-state index in [1.807, 2.05) is 37.3 Å². The highest BCUT2D eigenvalue weighted by Gasteiger charge is 2.28. The average Bonchev–Trinajstić information content (AvgIpc) is 2.93. The SMILES string of the molecule is COC1CNCC1NC(=O)c1ccc2nc(C)ccc2c1. The Balaban J connectivity index is 1.79. The monoisotopic (exact) mass is 285 g/mol. The molecule has 1 aromatic carbocycles. The fourth-order valence-electron chi connectivity index (χ4n) is 2.67. The molecule has 0 saturated carbocycles. The number of hydrogen-bond donors (Lipinski definition) is 2. The van der Waals surface area contributed by atoms with Crippen LogP contribution in [0.1, 0.15) is 16.1 Å². The highest BCUT2D eigenvalue weighted by atomic mass is 16.5. The van der Waals surface area contributed by atoms with Crippen LogP contribution in [0.2, 0.25) is 0 Å². The Morgan fingerprint density at radius 3 is 3.00 bits per heavy atom. The lowest BCUT2D eigenvalue weighted by Crippen LogP contribution is -2.43. The van der Waals surface area contributed by atoms with Crippen LogP contribution < -0.4 is 10.6 Å². The van der Waals surface area contributed by atoms with E-state index in [-0.39, 0.29) is 18.1 Å². The Morgan fingerprint density at radius 1 is 1.33 bits per heavy atom. The first-order valence-electron chi connectivity index (χ1n) is 7.09. The van der Waals surface area contributed by atoms with Crippen LogP contribution in [0, 0.1) is 6.92 Å². The Morgan fingerprint density at radius 2 is 2.19 bits per heavy atom. The molecule has 0 bridgehead atoms. The number of rotatable bonds is 3. The van der Waals surface area contributed by atoms with Gasteiger partial charge in [-0.2, -0.15) is 0 Å². The van der Waals surface area contributed by atoms with Crippen LogP contribution >= 0.6 is 0 Å². The molecule has 3 rings (SSSR count). The molecule has 5 heteroatoms. The average molecular weight is 285 g/mol. The van der Waals surface area contributed by atoms with Gasteiger partial charge in [0.15, 0.2) is 0 Å². The maximum Gasteiger partial charge on any atom is 0.251 e. The number of nitrogens with one attached hydrogen (secondary N) is 2. The zero-order valence-corrected chi connectivity index (χ0v) is 12.2. The second kappa shape index (κ2) is 5.79. The maximum atomic E-state index is 12.4. The zero-order chi connectivity index (χ0) is 14.8. The number of benzene rings is 1. The van der Waals surface area contributed by atoms with Gasteiger partial charge in [0.25, 0.3) is 5.91 Å². The summed E-state index contributed by atoms with van der Waals surface area (Å²) in [5.74, 6) is -0.0757. The summed E-state index contributed by atoms with van der Waals surface area (Å²) < 4.78 is 5.36. The molecule has 21 heavy (non-hydrogen) atoms. The largest absolute Gasteiger partial charge is 0.378 e. The summed E-state index contributed by atoms with van der Waals surface area (Å²) in [6.45, 7) is 3.46. The van der Waals surface area contributed by atoms with Gasteiger partial charge in [-0.15, -0.1) is 0 Å². The number of pyridine rings is 1. The first-order chi connectivity index (χ1) is 10.2. The van der Waals surface area contributed by atoms with Crippen molar-refractivity contribution >= 4 is 16.8 Å². The third kappa shape index (κ3) is 2.89. The van der Waals surface area contributed by atoms with E-state index in [1.165, 1.54) is 0 Å². The Kier molecular flexibility index (Phi) is 3.86. The van der Waals surface area contributed by atoms with Gasteiger partial charge in [-0.1, -0.05) is 6.07 Å². The Hall–Kier alpha value is -1.98. The zero-order valence-electron chi connectivity index (χ0n) is 12.2. The molecule has 5 nitrogen and oxygen atoms in total. The van der Waals surface area contributed by atoms with E-state index in [9.17, 15) is 4.79 Å². The smallest absolute Gasteiger partial charge is 0.251 e. The van der Waals surface area contributed by atoms with Gasteiger partial charge in [0.1, 0.15) is 0 Å². The Bertz CT molecular complexity index is 672. The first kappa shape index (κ1) is 14.0. The van der Waals surface area contributed by atoms with E-state index in [4.69, 9.17) is 4.74 Å². The molecule has 0 spiro atoms. The lowest BCUT2D eigenvalue weighted by atomic mass is 10.1. The minimum absolute atomic E-state index is 0.00865. The van der Waals surface area contributed by atoms with Gasteiger partial charge in [0.2, 0.25) is 0 Å². The molecule has 1 saturated heterocycles. The van der Waals surface area contributed by atoms with Crippen LogP contribution in [0.3, 0.4) is 0 Å². The molecule has 1 aromatic heterocycles. The van der Waals surface area contributed by atoms with Crippen LogP contribution in [0.5, 0.6) is 0 Å². The molecule has 0 aliphatic carbocycles. The first-order valence-corrected chi connectivity index (χ1v) is 7.09. The fourth-order valence-corrected chi connectivity index (χ4v) is 2.67. The molecule has 1 amide bonds. The molecule has 1 fully saturated rings. The predicted octanol–water partition coefficient (Wildman–Crippen LogP) is 1.26. The number of aryl methyl sites for hydroxylation is 1. The summed E-state index contributed by atoms with van der Waals surface area (Å²) >= 11 is 0. The lowest BCUT2D eigenvalue weighted by molar-refractivity contribution is 0.0780. The summed E-state index contributed by atoms with van der Waals surface area (Å²) in [4.78, 5) is 16.8. The molecule has 1 aliphatic heterocycles. The van der Waals surface area contributed by atoms with Crippen molar-refractivity contribution in [3.8, 4) is 0 Å².